The van der Waals surface area contributed by atoms with Gasteiger partial charge in [0.1, 0.15) is 17.3 Å². The Balaban J connectivity index is 2.42. The van der Waals surface area contributed by atoms with Gasteiger partial charge in [0, 0.05) is 25.0 Å². The van der Waals surface area contributed by atoms with Crippen molar-refractivity contribution in [2.75, 3.05) is 21.0 Å². The Labute approximate surface area is 127 Å². The monoisotopic (exact) mass is 308 g/mol. The van der Waals surface area contributed by atoms with Crippen molar-refractivity contribution < 1.29 is 28.5 Å². The van der Waals surface area contributed by atoms with Crippen LogP contribution in [0.25, 0.3) is 10.8 Å². The molecule has 0 aromatic heterocycles. The third-order valence-electron chi connectivity index (χ3n) is 3.27. The molecule has 0 heterocycles. The predicted octanol–water partition coefficient (Wildman–Crippen LogP) is 2.77. The zero-order valence-corrected chi connectivity index (χ0v) is 12.4. The molecule has 0 aliphatic carbocycles. The summed E-state index contributed by atoms with van der Waals surface area (Å²) >= 11 is 0. The van der Waals surface area contributed by atoms with E-state index in [-0.39, 0.29) is 30.9 Å². The number of rotatable bonds is 6. The first-order valence-corrected chi connectivity index (χ1v) is 6.69. The number of hydrogen-bond donors (Lipinski definition) is 1. The fourth-order valence-corrected chi connectivity index (χ4v) is 2.25. The lowest BCUT2D eigenvalue weighted by atomic mass is 9.99. The van der Waals surface area contributed by atoms with Crippen molar-refractivity contribution in [2.45, 2.75) is 12.8 Å². The van der Waals surface area contributed by atoms with Gasteiger partial charge in [-0.05, 0) is 29.5 Å². The summed E-state index contributed by atoms with van der Waals surface area (Å²) in [7, 11) is 2.76. The molecule has 2 rings (SSSR count). The molecular formula is C16H17FO5. The van der Waals surface area contributed by atoms with Crippen LogP contribution in [-0.2, 0) is 20.7 Å². The van der Waals surface area contributed by atoms with Crippen molar-refractivity contribution in [2.24, 2.45) is 0 Å². The van der Waals surface area contributed by atoms with Crippen LogP contribution in [0.2, 0.25) is 0 Å². The summed E-state index contributed by atoms with van der Waals surface area (Å²) in [6.45, 7) is 0.0430. The lowest BCUT2D eigenvalue weighted by Crippen LogP contribution is -2.04. The minimum Gasteiger partial charge on any atom is -0.507 e. The van der Waals surface area contributed by atoms with Gasteiger partial charge in [0.15, 0.2) is 6.79 Å². The second-order valence-electron chi connectivity index (χ2n) is 4.69. The van der Waals surface area contributed by atoms with Crippen molar-refractivity contribution in [3.8, 4) is 11.5 Å². The van der Waals surface area contributed by atoms with E-state index in [0.717, 1.165) is 0 Å². The standard InChI is InChI=1S/C16H17FO5/c1-20-9-22-11-7-10-3-5-13(17)12(4-6-15(19)21-2)16(10)14(18)8-11/h3,5,7-8,18H,4,6,9H2,1-2H3. The summed E-state index contributed by atoms with van der Waals surface area (Å²) in [5.41, 5.74) is 0.277. The number of aryl methyl sites for hydroxylation is 1. The molecule has 2 aromatic rings. The topological polar surface area (TPSA) is 65.0 Å². The average Bonchev–Trinajstić information content (AvgIpc) is 2.51. The minimum absolute atomic E-state index is 0.0356. The summed E-state index contributed by atoms with van der Waals surface area (Å²) in [6, 6.07) is 5.91. The Kier molecular flexibility index (Phi) is 5.16. The minimum atomic E-state index is -0.475. The van der Waals surface area contributed by atoms with E-state index in [9.17, 15) is 14.3 Å². The van der Waals surface area contributed by atoms with E-state index in [1.165, 1.54) is 26.4 Å². The second-order valence-corrected chi connectivity index (χ2v) is 4.69. The fourth-order valence-electron chi connectivity index (χ4n) is 2.25. The number of carbonyl (C=O) groups excluding carboxylic acids is 1. The largest absolute Gasteiger partial charge is 0.507 e. The van der Waals surface area contributed by atoms with Crippen molar-refractivity contribution in [3.63, 3.8) is 0 Å². The molecule has 0 aliphatic rings. The van der Waals surface area contributed by atoms with E-state index in [4.69, 9.17) is 9.47 Å². The van der Waals surface area contributed by atoms with Crippen LogP contribution in [0.1, 0.15) is 12.0 Å². The Hall–Kier alpha value is -2.34. The van der Waals surface area contributed by atoms with Gasteiger partial charge in [-0.3, -0.25) is 4.79 Å². The molecule has 22 heavy (non-hydrogen) atoms. The second kappa shape index (κ2) is 7.09. The van der Waals surface area contributed by atoms with Crippen LogP contribution in [0.15, 0.2) is 24.3 Å². The molecule has 0 unspecified atom stereocenters. The molecule has 0 amide bonds. The third kappa shape index (κ3) is 3.46. The van der Waals surface area contributed by atoms with Crippen LogP contribution in [-0.4, -0.2) is 32.1 Å². The number of benzene rings is 2. The van der Waals surface area contributed by atoms with Gasteiger partial charge in [0.2, 0.25) is 0 Å². The predicted molar refractivity (Wildman–Crippen MR) is 78.4 cm³/mol. The molecule has 0 radical (unpaired) electrons. The number of hydrogen-bond acceptors (Lipinski definition) is 5. The Morgan fingerprint density at radius 2 is 2.05 bits per heavy atom. The number of methoxy groups -OCH3 is 2. The first kappa shape index (κ1) is 16.0. The number of aromatic hydroxyl groups is 1. The van der Waals surface area contributed by atoms with Crippen LogP contribution in [0.3, 0.4) is 0 Å². The Morgan fingerprint density at radius 3 is 2.73 bits per heavy atom. The summed E-state index contributed by atoms with van der Waals surface area (Å²) in [6.07, 6.45) is 0.176. The molecule has 0 saturated heterocycles. The molecule has 1 N–H and O–H groups in total. The van der Waals surface area contributed by atoms with Gasteiger partial charge in [0.05, 0.1) is 7.11 Å². The van der Waals surface area contributed by atoms with Gasteiger partial charge in [-0.2, -0.15) is 0 Å². The van der Waals surface area contributed by atoms with Crippen LogP contribution >= 0.6 is 0 Å². The van der Waals surface area contributed by atoms with Crippen LogP contribution in [0.5, 0.6) is 11.5 Å². The highest BCUT2D eigenvalue weighted by Crippen LogP contribution is 2.34. The molecule has 0 fully saturated rings. The fraction of sp³-hybridized carbons (Fsp3) is 0.312. The van der Waals surface area contributed by atoms with Gasteiger partial charge >= 0.3 is 5.97 Å². The molecule has 0 aliphatic heterocycles. The highest BCUT2D eigenvalue weighted by atomic mass is 19.1. The number of phenols is 1. The zero-order valence-electron chi connectivity index (χ0n) is 12.4. The van der Waals surface area contributed by atoms with Crippen molar-refractivity contribution in [1.82, 2.24) is 0 Å². The van der Waals surface area contributed by atoms with Crippen LogP contribution < -0.4 is 4.74 Å². The molecule has 5 nitrogen and oxygen atoms in total. The first-order chi connectivity index (χ1) is 10.6. The first-order valence-electron chi connectivity index (χ1n) is 6.69. The Morgan fingerprint density at radius 1 is 1.27 bits per heavy atom. The number of ether oxygens (including phenoxy) is 3. The van der Waals surface area contributed by atoms with Crippen molar-refractivity contribution in [1.29, 1.82) is 0 Å². The van der Waals surface area contributed by atoms with E-state index in [1.54, 1.807) is 12.1 Å². The van der Waals surface area contributed by atoms with Gasteiger partial charge in [-0.15, -0.1) is 0 Å². The summed E-state index contributed by atoms with van der Waals surface area (Å²) in [5, 5.41) is 11.2. The molecule has 2 aromatic carbocycles. The number of phenolic OH excluding ortho intramolecular Hbond substituents is 1. The van der Waals surface area contributed by atoms with E-state index >= 15 is 0 Å². The Bertz CT molecular complexity index is 684. The van der Waals surface area contributed by atoms with Crippen molar-refractivity contribution in [3.05, 3.63) is 35.6 Å². The summed E-state index contributed by atoms with van der Waals surface area (Å²) in [5.74, 6) is -0.603. The molecule has 0 spiro atoms. The molecular weight excluding hydrogens is 291 g/mol. The maximum absolute atomic E-state index is 14.0. The van der Waals surface area contributed by atoms with E-state index in [2.05, 4.69) is 4.74 Å². The lowest BCUT2D eigenvalue weighted by molar-refractivity contribution is -0.140. The van der Waals surface area contributed by atoms with Gasteiger partial charge in [-0.1, -0.05) is 6.07 Å². The zero-order chi connectivity index (χ0) is 16.1. The van der Waals surface area contributed by atoms with E-state index < -0.39 is 11.8 Å². The summed E-state index contributed by atoms with van der Waals surface area (Å²) < 4.78 is 28.7. The van der Waals surface area contributed by atoms with Gasteiger partial charge < -0.3 is 19.3 Å². The van der Waals surface area contributed by atoms with E-state index in [0.29, 0.717) is 16.5 Å². The average molecular weight is 308 g/mol. The molecule has 118 valence electrons. The molecule has 0 atom stereocenters. The van der Waals surface area contributed by atoms with E-state index in [1.807, 2.05) is 0 Å². The number of esters is 1. The quantitative estimate of drug-likeness (QED) is 0.656. The van der Waals surface area contributed by atoms with Crippen LogP contribution in [0, 0.1) is 5.82 Å². The molecule has 0 saturated carbocycles. The maximum Gasteiger partial charge on any atom is 0.305 e. The van der Waals surface area contributed by atoms with Crippen LogP contribution in [0.4, 0.5) is 4.39 Å². The van der Waals surface area contributed by atoms with Gasteiger partial charge in [0.25, 0.3) is 0 Å². The number of fused-ring (bicyclic) bond motifs is 1. The van der Waals surface area contributed by atoms with Crippen molar-refractivity contribution >= 4 is 16.7 Å². The van der Waals surface area contributed by atoms with Gasteiger partial charge in [-0.25, -0.2) is 4.39 Å². The number of carbonyl (C=O) groups is 1. The highest BCUT2D eigenvalue weighted by Gasteiger charge is 2.14. The maximum atomic E-state index is 14.0. The third-order valence-corrected chi connectivity index (χ3v) is 3.27. The smallest absolute Gasteiger partial charge is 0.305 e. The SMILES string of the molecule is COCOc1cc(O)c2c(CCC(=O)OC)c(F)ccc2c1. The molecule has 6 heteroatoms. The highest BCUT2D eigenvalue weighted by molar-refractivity contribution is 5.92. The lowest BCUT2D eigenvalue weighted by Gasteiger charge is -2.12. The normalized spacial score (nSPS) is 10.7. The number of halogens is 1. The molecule has 0 bridgehead atoms. The summed E-state index contributed by atoms with van der Waals surface area (Å²) in [4.78, 5) is 11.2.